The van der Waals surface area contributed by atoms with Crippen molar-refractivity contribution in [2.24, 2.45) is 0 Å². The van der Waals surface area contributed by atoms with Gasteiger partial charge in [0.05, 0.1) is 18.2 Å². The van der Waals surface area contributed by atoms with E-state index in [0.717, 1.165) is 65.0 Å². The number of halogens is 2. The molecule has 1 aliphatic rings. The normalized spacial score (nSPS) is 13.9. The molecule has 0 spiro atoms. The molecular weight excluding hydrogens is 567 g/mol. The van der Waals surface area contributed by atoms with Crippen molar-refractivity contribution in [3.8, 4) is 0 Å². The minimum absolute atomic E-state index is 0.00852. The molecule has 1 fully saturated rings. The molecule has 2 heterocycles. The van der Waals surface area contributed by atoms with Gasteiger partial charge in [-0.25, -0.2) is 14.8 Å². The molecule has 1 aliphatic heterocycles. The standard InChI is InChI=1S/C34H30Cl2N4O2/c1-42-34(41)24-6-13-29(14-7-24)40-18-16-28(17-19-40)39-33-30-20-25(8-15-31(30)37-21-38-33)32(22-2-9-26(35)10-3-22)23-4-11-27(36)12-5-23/h2-15,20-21,28,32H,16-19H2,1H3,(H,37,38,39). The van der Waals surface area contributed by atoms with Gasteiger partial charge in [0.1, 0.15) is 12.1 Å². The van der Waals surface area contributed by atoms with Gasteiger partial charge in [0.25, 0.3) is 0 Å². The van der Waals surface area contributed by atoms with Crippen molar-refractivity contribution in [3.05, 3.63) is 130 Å². The summed E-state index contributed by atoms with van der Waals surface area (Å²) < 4.78 is 4.82. The number of nitrogens with one attached hydrogen (secondary N) is 1. The molecule has 5 aromatic rings. The maximum absolute atomic E-state index is 11.8. The Balaban J connectivity index is 1.24. The topological polar surface area (TPSA) is 67.3 Å². The predicted molar refractivity (Wildman–Crippen MR) is 170 cm³/mol. The van der Waals surface area contributed by atoms with E-state index < -0.39 is 0 Å². The summed E-state index contributed by atoms with van der Waals surface area (Å²) in [6.07, 6.45) is 3.54. The molecule has 0 bridgehead atoms. The third-order valence-electron chi connectivity index (χ3n) is 7.89. The van der Waals surface area contributed by atoms with Crippen LogP contribution in [0.2, 0.25) is 10.0 Å². The fourth-order valence-corrected chi connectivity index (χ4v) is 5.91. The van der Waals surface area contributed by atoms with E-state index >= 15 is 0 Å². The molecule has 4 aromatic carbocycles. The van der Waals surface area contributed by atoms with Crippen molar-refractivity contribution in [3.63, 3.8) is 0 Å². The minimum Gasteiger partial charge on any atom is -0.465 e. The summed E-state index contributed by atoms with van der Waals surface area (Å²) in [4.78, 5) is 23.3. The van der Waals surface area contributed by atoms with Crippen molar-refractivity contribution >= 4 is 51.6 Å². The average Bonchev–Trinajstić information content (AvgIpc) is 3.03. The summed E-state index contributed by atoms with van der Waals surface area (Å²) in [5.41, 5.74) is 5.97. The second-order valence-corrected chi connectivity index (χ2v) is 11.4. The van der Waals surface area contributed by atoms with Gasteiger partial charge in [-0.3, -0.25) is 0 Å². The first kappa shape index (κ1) is 28.0. The maximum Gasteiger partial charge on any atom is 0.337 e. The molecule has 0 unspecified atom stereocenters. The van der Waals surface area contributed by atoms with Crippen molar-refractivity contribution < 1.29 is 9.53 Å². The zero-order valence-corrected chi connectivity index (χ0v) is 24.6. The lowest BCUT2D eigenvalue weighted by molar-refractivity contribution is 0.0600. The lowest BCUT2D eigenvalue weighted by atomic mass is 9.84. The third-order valence-corrected chi connectivity index (χ3v) is 8.39. The van der Waals surface area contributed by atoms with E-state index in [4.69, 9.17) is 27.9 Å². The molecule has 1 aromatic heterocycles. The molecule has 1 saturated heterocycles. The summed E-state index contributed by atoms with van der Waals surface area (Å²) >= 11 is 12.5. The first-order valence-electron chi connectivity index (χ1n) is 13.9. The van der Waals surface area contributed by atoms with E-state index in [1.165, 1.54) is 7.11 Å². The Kier molecular flexibility index (Phi) is 8.27. The number of hydrogen-bond donors (Lipinski definition) is 1. The summed E-state index contributed by atoms with van der Waals surface area (Å²) in [6, 6.07) is 30.3. The molecule has 0 atom stereocenters. The largest absolute Gasteiger partial charge is 0.465 e. The van der Waals surface area contributed by atoms with Gasteiger partial charge in [0.2, 0.25) is 0 Å². The van der Waals surface area contributed by atoms with Crippen molar-refractivity contribution in [2.45, 2.75) is 24.8 Å². The number of methoxy groups -OCH3 is 1. The Hall–Kier alpha value is -4.13. The number of benzene rings is 4. The van der Waals surface area contributed by atoms with Crippen LogP contribution in [-0.4, -0.2) is 42.2 Å². The second kappa shape index (κ2) is 12.4. The fraction of sp³-hybridized carbons (Fsp3) is 0.206. The number of carbonyl (C=O) groups excluding carboxylic acids is 1. The summed E-state index contributed by atoms with van der Waals surface area (Å²) in [7, 11) is 1.40. The van der Waals surface area contributed by atoms with Crippen LogP contribution in [0.5, 0.6) is 0 Å². The fourth-order valence-electron chi connectivity index (χ4n) is 5.66. The number of anilines is 2. The van der Waals surface area contributed by atoms with Crippen molar-refractivity contribution in [1.82, 2.24) is 9.97 Å². The second-order valence-electron chi connectivity index (χ2n) is 10.5. The first-order chi connectivity index (χ1) is 20.5. The monoisotopic (exact) mass is 596 g/mol. The number of hydrogen-bond acceptors (Lipinski definition) is 6. The number of nitrogens with zero attached hydrogens (tertiary/aromatic N) is 3. The van der Waals surface area contributed by atoms with Crippen LogP contribution in [0.1, 0.15) is 45.8 Å². The highest BCUT2D eigenvalue weighted by atomic mass is 35.5. The van der Waals surface area contributed by atoms with E-state index in [2.05, 4.69) is 62.6 Å². The summed E-state index contributed by atoms with van der Waals surface area (Å²) in [6.45, 7) is 1.80. The van der Waals surface area contributed by atoms with Crippen LogP contribution in [0.15, 0.2) is 97.3 Å². The summed E-state index contributed by atoms with van der Waals surface area (Å²) in [5, 5.41) is 6.11. The van der Waals surface area contributed by atoms with Crippen LogP contribution >= 0.6 is 23.2 Å². The lowest BCUT2D eigenvalue weighted by Crippen LogP contribution is -2.39. The van der Waals surface area contributed by atoms with Gasteiger partial charge >= 0.3 is 5.97 Å². The molecular formula is C34H30Cl2N4O2. The van der Waals surface area contributed by atoms with Gasteiger partial charge in [-0.05, 0) is 90.2 Å². The lowest BCUT2D eigenvalue weighted by Gasteiger charge is -2.34. The van der Waals surface area contributed by atoms with Gasteiger partial charge in [-0.15, -0.1) is 0 Å². The SMILES string of the molecule is COC(=O)c1ccc(N2CCC(Nc3ncnc4ccc(C(c5ccc(Cl)cc5)c5ccc(Cl)cc5)cc34)CC2)cc1. The van der Waals surface area contributed by atoms with E-state index in [1.807, 2.05) is 48.5 Å². The van der Waals surface area contributed by atoms with Gasteiger partial charge in [0, 0.05) is 46.2 Å². The smallest absolute Gasteiger partial charge is 0.337 e. The third kappa shape index (κ3) is 6.06. The van der Waals surface area contributed by atoms with Crippen molar-refractivity contribution in [2.75, 3.05) is 30.4 Å². The molecule has 0 radical (unpaired) electrons. The molecule has 212 valence electrons. The highest BCUT2D eigenvalue weighted by Crippen LogP contribution is 2.36. The molecule has 8 heteroatoms. The van der Waals surface area contributed by atoms with Gasteiger partial charge in [-0.2, -0.15) is 0 Å². The number of piperidine rings is 1. The minimum atomic E-state index is -0.322. The first-order valence-corrected chi connectivity index (χ1v) is 14.7. The van der Waals surface area contributed by atoms with E-state index in [0.29, 0.717) is 15.6 Å². The zero-order chi connectivity index (χ0) is 29.1. The van der Waals surface area contributed by atoms with Crippen LogP contribution < -0.4 is 10.2 Å². The number of esters is 1. The van der Waals surface area contributed by atoms with Crippen LogP contribution in [0.4, 0.5) is 11.5 Å². The number of ether oxygens (including phenoxy) is 1. The predicted octanol–water partition coefficient (Wildman–Crippen LogP) is 7.98. The molecule has 42 heavy (non-hydrogen) atoms. The van der Waals surface area contributed by atoms with E-state index in [1.54, 1.807) is 6.33 Å². The Bertz CT molecular complexity index is 1640. The van der Waals surface area contributed by atoms with Crippen LogP contribution in [0.3, 0.4) is 0 Å². The van der Waals surface area contributed by atoms with Crippen LogP contribution in [0.25, 0.3) is 10.9 Å². The molecule has 0 saturated carbocycles. The Morgan fingerprint density at radius 1 is 0.833 bits per heavy atom. The maximum atomic E-state index is 11.8. The molecule has 1 N–H and O–H groups in total. The van der Waals surface area contributed by atoms with E-state index in [-0.39, 0.29) is 17.9 Å². The van der Waals surface area contributed by atoms with Gasteiger partial charge < -0.3 is 15.0 Å². The number of aromatic nitrogens is 2. The molecule has 6 nitrogen and oxygen atoms in total. The Labute approximate surface area is 255 Å². The highest BCUT2D eigenvalue weighted by Gasteiger charge is 2.22. The van der Waals surface area contributed by atoms with Crippen molar-refractivity contribution in [1.29, 1.82) is 0 Å². The molecule has 0 amide bonds. The Morgan fingerprint density at radius 2 is 1.43 bits per heavy atom. The van der Waals surface area contributed by atoms with Crippen LogP contribution in [-0.2, 0) is 4.74 Å². The van der Waals surface area contributed by atoms with E-state index in [9.17, 15) is 4.79 Å². The molecule has 0 aliphatic carbocycles. The van der Waals surface area contributed by atoms with Gasteiger partial charge in [-0.1, -0.05) is 53.5 Å². The van der Waals surface area contributed by atoms with Gasteiger partial charge in [0.15, 0.2) is 0 Å². The molecule has 6 rings (SSSR count). The highest BCUT2D eigenvalue weighted by molar-refractivity contribution is 6.30. The quantitative estimate of drug-likeness (QED) is 0.152. The number of fused-ring (bicyclic) bond motifs is 1. The average molecular weight is 598 g/mol. The zero-order valence-electron chi connectivity index (χ0n) is 23.1. The Morgan fingerprint density at radius 3 is 2.02 bits per heavy atom. The van der Waals surface area contributed by atoms with Crippen LogP contribution in [0, 0.1) is 0 Å². The summed E-state index contributed by atoms with van der Waals surface area (Å²) in [5.74, 6) is 0.511. The number of rotatable bonds is 7. The number of carbonyl (C=O) groups is 1.